The van der Waals surface area contributed by atoms with Gasteiger partial charge < -0.3 is 30.2 Å². The molecule has 4 atom stereocenters. The fraction of sp³-hybridized carbons (Fsp3) is 0.294. The second-order valence-corrected chi connectivity index (χ2v) is 11.9. The lowest BCUT2D eigenvalue weighted by atomic mass is 10.0. The minimum absolute atomic E-state index is 0.112. The van der Waals surface area contributed by atoms with Crippen LogP contribution in [0.25, 0.3) is 32.8 Å². The fourth-order valence-corrected chi connectivity index (χ4v) is 6.37. The van der Waals surface area contributed by atoms with E-state index in [2.05, 4.69) is 103 Å². The molecule has 0 bridgehead atoms. The number of fused-ring (bicyclic) bond motifs is 3. The Morgan fingerprint density at radius 2 is 1.71 bits per heavy atom. The van der Waals surface area contributed by atoms with Crippen molar-refractivity contribution in [3.8, 4) is 0 Å². The first-order valence-corrected chi connectivity index (χ1v) is 15.3. The summed E-state index contributed by atoms with van der Waals surface area (Å²) in [5.41, 5.74) is 4.62. The smallest absolute Gasteiger partial charge is 0.252 e. The third-order valence-electron chi connectivity index (χ3n) is 8.83. The maximum atomic E-state index is 12.6. The number of hydrogen-bond acceptors (Lipinski definition) is 8. The lowest BCUT2D eigenvalue weighted by Gasteiger charge is -2.16. The molecule has 1 saturated carbocycles. The van der Waals surface area contributed by atoms with Crippen molar-refractivity contribution in [3.05, 3.63) is 96.7 Å². The number of imidazole rings is 1. The van der Waals surface area contributed by atoms with Gasteiger partial charge in [0.2, 0.25) is 0 Å². The number of aliphatic hydroxyl groups is 2. The van der Waals surface area contributed by atoms with E-state index in [0.29, 0.717) is 23.5 Å². The number of nitrogens with zero attached hydrogens (tertiary/aromatic N) is 5. The van der Waals surface area contributed by atoms with Crippen LogP contribution in [0.3, 0.4) is 0 Å². The van der Waals surface area contributed by atoms with E-state index >= 15 is 0 Å². The van der Waals surface area contributed by atoms with Gasteiger partial charge in [-0.05, 0) is 47.2 Å². The predicted molar refractivity (Wildman–Crippen MR) is 170 cm³/mol. The molecule has 2 aliphatic rings. The van der Waals surface area contributed by atoms with Crippen molar-refractivity contribution in [1.29, 1.82) is 0 Å². The van der Waals surface area contributed by atoms with Crippen molar-refractivity contribution in [2.24, 2.45) is 0 Å². The van der Waals surface area contributed by atoms with Crippen molar-refractivity contribution in [1.82, 2.24) is 29.4 Å². The highest BCUT2D eigenvalue weighted by Gasteiger charge is 2.48. The zero-order valence-electron chi connectivity index (χ0n) is 24.5. The first-order chi connectivity index (χ1) is 22.0. The molecule has 1 aliphatic heterocycles. The van der Waals surface area contributed by atoms with Crippen molar-refractivity contribution in [2.75, 3.05) is 11.9 Å². The van der Waals surface area contributed by atoms with Crippen LogP contribution in [0.15, 0.2) is 85.6 Å². The van der Waals surface area contributed by atoms with Crippen LogP contribution in [0.2, 0.25) is 0 Å². The monoisotopic (exact) mass is 603 g/mol. The van der Waals surface area contributed by atoms with E-state index in [-0.39, 0.29) is 6.04 Å². The first-order valence-electron chi connectivity index (χ1n) is 15.3. The number of aromatic nitrogens is 5. The highest BCUT2D eigenvalue weighted by atomic mass is 16.6. The highest BCUT2D eigenvalue weighted by Crippen LogP contribution is 2.33. The van der Waals surface area contributed by atoms with Crippen LogP contribution in [-0.4, -0.2) is 71.1 Å². The van der Waals surface area contributed by atoms with Gasteiger partial charge in [0, 0.05) is 36.2 Å². The molecule has 0 radical (unpaired) electrons. The van der Waals surface area contributed by atoms with Crippen LogP contribution in [-0.2, 0) is 22.5 Å². The molecule has 228 valence electrons. The average molecular weight is 604 g/mol. The number of rotatable bonds is 9. The van der Waals surface area contributed by atoms with Gasteiger partial charge in [-0.15, -0.1) is 0 Å². The topological polar surface area (TPSA) is 139 Å². The summed E-state index contributed by atoms with van der Waals surface area (Å²) in [5.74, 6) is 0.126. The lowest BCUT2D eigenvalue weighted by Crippen LogP contribution is -2.43. The van der Waals surface area contributed by atoms with Gasteiger partial charge in [-0.3, -0.25) is 9.36 Å². The number of ether oxygens (including phenoxy) is 1. The Bertz CT molecular complexity index is 2030. The van der Waals surface area contributed by atoms with E-state index in [1.54, 1.807) is 4.57 Å². The summed E-state index contributed by atoms with van der Waals surface area (Å²) in [7, 11) is 0. The molecular formula is C34H33N7O4. The third-order valence-corrected chi connectivity index (χ3v) is 8.83. The molecule has 45 heavy (non-hydrogen) atoms. The molecule has 11 nitrogen and oxygen atoms in total. The van der Waals surface area contributed by atoms with Crippen LogP contribution in [0, 0.1) is 0 Å². The van der Waals surface area contributed by atoms with Gasteiger partial charge in [-0.1, -0.05) is 60.7 Å². The van der Waals surface area contributed by atoms with Crippen LogP contribution in [0.4, 0.5) is 5.82 Å². The van der Waals surface area contributed by atoms with E-state index in [4.69, 9.17) is 4.74 Å². The fourth-order valence-electron chi connectivity index (χ4n) is 6.37. The minimum atomic E-state index is -1.37. The second kappa shape index (κ2) is 11.3. The molecule has 6 aromatic rings. The maximum Gasteiger partial charge on any atom is 0.252 e. The van der Waals surface area contributed by atoms with Gasteiger partial charge in [-0.2, -0.15) is 0 Å². The van der Waals surface area contributed by atoms with E-state index in [9.17, 15) is 15.0 Å². The summed E-state index contributed by atoms with van der Waals surface area (Å²) in [6.45, 7) is 1.37. The van der Waals surface area contributed by atoms with Crippen LogP contribution in [0.5, 0.6) is 0 Å². The number of para-hydroxylation sites is 1. The molecule has 4 heterocycles. The van der Waals surface area contributed by atoms with Gasteiger partial charge in [0.1, 0.15) is 18.5 Å². The van der Waals surface area contributed by atoms with Crippen molar-refractivity contribution in [2.45, 2.75) is 56.4 Å². The summed E-state index contributed by atoms with van der Waals surface area (Å²) >= 11 is 0. The number of amides is 1. The molecule has 11 heteroatoms. The molecule has 8 rings (SSSR count). The van der Waals surface area contributed by atoms with Crippen LogP contribution < -0.4 is 10.6 Å². The van der Waals surface area contributed by atoms with Gasteiger partial charge >= 0.3 is 0 Å². The third kappa shape index (κ3) is 5.08. The number of benzene rings is 3. The van der Waals surface area contributed by atoms with Crippen molar-refractivity contribution >= 4 is 44.6 Å². The molecule has 0 unspecified atom stereocenters. The Balaban J connectivity index is 1.00. The molecule has 1 aliphatic carbocycles. The predicted octanol–water partition coefficient (Wildman–Crippen LogP) is 3.53. The SMILES string of the molecule is O=C(NC1CC1)[C@H]1O[C@@H](n2cnc3c(NCCc4cn(Cc5cccc6ccccc56)c5ccccc45)ncnc32)[C@H](O)[C@@H]1O. The Morgan fingerprint density at radius 1 is 0.911 bits per heavy atom. The Labute approximate surface area is 258 Å². The Kier molecular flexibility index (Phi) is 6.93. The molecule has 2 fully saturated rings. The van der Waals surface area contributed by atoms with Gasteiger partial charge in [-0.25, -0.2) is 15.0 Å². The summed E-state index contributed by atoms with van der Waals surface area (Å²) in [6.07, 6.45) is 2.84. The number of carbonyl (C=O) groups excluding carboxylic acids is 1. The molecule has 0 spiro atoms. The number of carbonyl (C=O) groups is 1. The molecule has 4 N–H and O–H groups in total. The molecule has 1 saturated heterocycles. The maximum absolute atomic E-state index is 12.6. The van der Waals surface area contributed by atoms with Crippen LogP contribution in [0.1, 0.15) is 30.2 Å². The lowest BCUT2D eigenvalue weighted by molar-refractivity contribution is -0.137. The molecule has 1 amide bonds. The first kappa shape index (κ1) is 27.7. The number of nitrogens with one attached hydrogen (secondary N) is 2. The molecule has 3 aromatic carbocycles. The number of hydrogen-bond donors (Lipinski definition) is 4. The Hall–Kier alpha value is -4.84. The number of aliphatic hydroxyl groups excluding tert-OH is 2. The summed E-state index contributed by atoms with van der Waals surface area (Å²) in [6, 6.07) is 23.5. The van der Waals surface area contributed by atoms with Gasteiger partial charge in [0.25, 0.3) is 5.91 Å². The average Bonchev–Trinajstić information content (AvgIpc) is 3.55. The quantitative estimate of drug-likeness (QED) is 0.197. The van der Waals surface area contributed by atoms with Crippen molar-refractivity contribution in [3.63, 3.8) is 0 Å². The normalized spacial score (nSPS) is 21.6. The zero-order chi connectivity index (χ0) is 30.5. The molecular weight excluding hydrogens is 570 g/mol. The largest absolute Gasteiger partial charge is 0.387 e. The van der Waals surface area contributed by atoms with Gasteiger partial charge in [0.15, 0.2) is 29.3 Å². The van der Waals surface area contributed by atoms with Gasteiger partial charge in [0.05, 0.1) is 6.33 Å². The van der Waals surface area contributed by atoms with Crippen LogP contribution >= 0.6 is 0 Å². The summed E-state index contributed by atoms with van der Waals surface area (Å²) in [5, 5.41) is 31.3. The van der Waals surface area contributed by atoms with E-state index in [1.807, 2.05) is 0 Å². The highest BCUT2D eigenvalue weighted by molar-refractivity contribution is 5.87. The second-order valence-electron chi connectivity index (χ2n) is 11.9. The van der Waals surface area contributed by atoms with E-state index < -0.39 is 30.4 Å². The standard InChI is InChI=1S/C34H33N7O4/c42-28-29(43)34(45-30(28)33(44)39-23-12-13-23)41-19-38-27-31(36-18-37-32(27)41)35-15-14-22-17-40(26-11-4-3-10-25(22)26)16-21-8-5-7-20-6-1-2-9-24(20)21/h1-11,17-19,23,28-30,34,42-43H,12-16H2,(H,39,44)(H,35,36,37)/t28-,29+,30-,34+/m0/s1. The summed E-state index contributed by atoms with van der Waals surface area (Å²) < 4.78 is 9.70. The van der Waals surface area contributed by atoms with E-state index in [0.717, 1.165) is 25.8 Å². The molecule has 3 aromatic heterocycles. The summed E-state index contributed by atoms with van der Waals surface area (Å²) in [4.78, 5) is 25.9. The minimum Gasteiger partial charge on any atom is -0.387 e. The van der Waals surface area contributed by atoms with E-state index in [1.165, 1.54) is 45.5 Å². The zero-order valence-corrected chi connectivity index (χ0v) is 24.5. The Morgan fingerprint density at radius 3 is 2.58 bits per heavy atom. The van der Waals surface area contributed by atoms with Crippen molar-refractivity contribution < 1.29 is 19.7 Å². The number of anilines is 1.